The lowest BCUT2D eigenvalue weighted by molar-refractivity contribution is 0.0464. The van der Waals surface area contributed by atoms with Crippen molar-refractivity contribution in [3.63, 3.8) is 0 Å². The lowest BCUT2D eigenvalue weighted by atomic mass is 10.2. The maximum absolute atomic E-state index is 12.5. The highest BCUT2D eigenvalue weighted by Gasteiger charge is 2.14. The van der Waals surface area contributed by atoms with Gasteiger partial charge in [-0.25, -0.2) is 9.59 Å². The Morgan fingerprint density at radius 3 is 2.63 bits per heavy atom. The van der Waals surface area contributed by atoms with Crippen molar-refractivity contribution in [1.29, 1.82) is 0 Å². The number of carbonyl (C=O) groups excluding carboxylic acids is 1. The molecule has 2 heterocycles. The van der Waals surface area contributed by atoms with Gasteiger partial charge in [0.15, 0.2) is 0 Å². The number of ether oxygens (including phenoxy) is 1. The van der Waals surface area contributed by atoms with Crippen molar-refractivity contribution >= 4 is 11.7 Å². The van der Waals surface area contributed by atoms with Gasteiger partial charge in [-0.2, -0.15) is 0 Å². The van der Waals surface area contributed by atoms with Crippen LogP contribution in [-0.4, -0.2) is 15.1 Å². The van der Waals surface area contributed by atoms with Crippen LogP contribution in [0.5, 0.6) is 0 Å². The van der Waals surface area contributed by atoms with E-state index in [4.69, 9.17) is 9.15 Å². The Morgan fingerprint density at radius 1 is 1.11 bits per heavy atom. The molecule has 0 fully saturated rings. The van der Waals surface area contributed by atoms with E-state index in [-0.39, 0.29) is 6.61 Å². The largest absolute Gasteiger partial charge is 0.467 e. The summed E-state index contributed by atoms with van der Waals surface area (Å²) in [5, 5.41) is 3.13. The second kappa shape index (κ2) is 7.77. The molecule has 1 aromatic carbocycles. The number of carbonyl (C=O) groups is 1. The molecule has 0 aliphatic rings. The quantitative estimate of drug-likeness (QED) is 0.664. The first kappa shape index (κ1) is 18.2. The molecule has 140 valence electrons. The van der Waals surface area contributed by atoms with E-state index in [1.165, 1.54) is 24.7 Å². The molecule has 0 spiro atoms. The smallest absolute Gasteiger partial charge is 0.340 e. The van der Waals surface area contributed by atoms with Crippen molar-refractivity contribution < 1.29 is 13.9 Å². The molecule has 0 radical (unpaired) electrons. The summed E-state index contributed by atoms with van der Waals surface area (Å²) in [7, 11) is 2.91. The Bertz CT molecular complexity index is 1060. The van der Waals surface area contributed by atoms with E-state index in [2.05, 4.69) is 5.32 Å². The summed E-state index contributed by atoms with van der Waals surface area (Å²) in [6.07, 6.45) is 1.57. The van der Waals surface area contributed by atoms with Crippen LogP contribution in [0.1, 0.15) is 21.8 Å². The molecule has 0 saturated heterocycles. The summed E-state index contributed by atoms with van der Waals surface area (Å²) in [4.78, 5) is 36.2. The van der Waals surface area contributed by atoms with Gasteiger partial charge in [0.25, 0.3) is 5.56 Å². The Morgan fingerprint density at radius 2 is 1.89 bits per heavy atom. The van der Waals surface area contributed by atoms with Crippen LogP contribution in [0, 0.1) is 0 Å². The first-order valence-electron chi connectivity index (χ1n) is 8.25. The van der Waals surface area contributed by atoms with Crippen molar-refractivity contribution in [3.05, 3.63) is 86.6 Å². The lowest BCUT2D eigenvalue weighted by Crippen LogP contribution is -2.38. The fourth-order valence-corrected chi connectivity index (χ4v) is 2.54. The number of nitrogens with one attached hydrogen (secondary N) is 1. The van der Waals surface area contributed by atoms with E-state index in [1.807, 2.05) is 6.07 Å². The first-order valence-corrected chi connectivity index (χ1v) is 8.25. The fourth-order valence-electron chi connectivity index (χ4n) is 2.54. The van der Waals surface area contributed by atoms with Crippen LogP contribution in [0.4, 0.5) is 5.69 Å². The standard InChI is InChI=1S/C19H19N3O5/c1-21-13(10-17(23)22(2)19(21)25)12-27-18(24)15-7-3-4-8-16(15)20-11-14-6-5-9-26-14/h3-10,20H,11-12H2,1-2H3. The molecule has 0 amide bonds. The van der Waals surface area contributed by atoms with E-state index in [9.17, 15) is 14.4 Å². The first-order chi connectivity index (χ1) is 13.0. The zero-order chi connectivity index (χ0) is 19.4. The average Bonchev–Trinajstić information content (AvgIpc) is 3.20. The molecular formula is C19H19N3O5. The van der Waals surface area contributed by atoms with Gasteiger partial charge in [-0.1, -0.05) is 12.1 Å². The number of furan rings is 1. The number of para-hydroxylation sites is 1. The van der Waals surface area contributed by atoms with Crippen molar-refractivity contribution in [3.8, 4) is 0 Å². The number of anilines is 1. The van der Waals surface area contributed by atoms with Gasteiger partial charge in [0.1, 0.15) is 12.4 Å². The minimum Gasteiger partial charge on any atom is -0.467 e. The van der Waals surface area contributed by atoms with Gasteiger partial charge in [0.2, 0.25) is 0 Å². The topological polar surface area (TPSA) is 95.5 Å². The molecule has 0 bridgehead atoms. The summed E-state index contributed by atoms with van der Waals surface area (Å²) in [5.41, 5.74) is 0.325. The molecule has 8 nitrogen and oxygen atoms in total. The van der Waals surface area contributed by atoms with Gasteiger partial charge >= 0.3 is 11.7 Å². The van der Waals surface area contributed by atoms with Crippen LogP contribution in [-0.2, 0) is 32.0 Å². The monoisotopic (exact) mass is 369 g/mol. The molecule has 0 unspecified atom stereocenters. The number of benzene rings is 1. The molecule has 27 heavy (non-hydrogen) atoms. The lowest BCUT2D eigenvalue weighted by Gasteiger charge is -2.12. The molecule has 0 atom stereocenters. The van der Waals surface area contributed by atoms with Crippen LogP contribution in [0.25, 0.3) is 0 Å². The average molecular weight is 369 g/mol. The maximum Gasteiger partial charge on any atom is 0.340 e. The van der Waals surface area contributed by atoms with Crippen molar-refractivity contribution in [2.24, 2.45) is 14.1 Å². The van der Waals surface area contributed by atoms with Gasteiger partial charge in [0, 0.05) is 25.8 Å². The third-order valence-corrected chi connectivity index (χ3v) is 4.16. The molecule has 8 heteroatoms. The third kappa shape index (κ3) is 4.00. The predicted molar refractivity (Wildman–Crippen MR) is 98.5 cm³/mol. The number of hydrogen-bond acceptors (Lipinski definition) is 6. The summed E-state index contributed by atoms with van der Waals surface area (Å²) in [5.74, 6) is 0.166. The maximum atomic E-state index is 12.5. The van der Waals surface area contributed by atoms with Gasteiger partial charge in [0.05, 0.1) is 24.1 Å². The van der Waals surface area contributed by atoms with Crippen LogP contribution in [0.2, 0.25) is 0 Å². The summed E-state index contributed by atoms with van der Waals surface area (Å²) in [6, 6.07) is 11.8. The molecule has 3 aromatic rings. The number of nitrogens with zero attached hydrogens (tertiary/aromatic N) is 2. The normalized spacial score (nSPS) is 10.6. The number of rotatable bonds is 6. The van der Waals surface area contributed by atoms with E-state index in [0.717, 1.165) is 10.3 Å². The third-order valence-electron chi connectivity index (χ3n) is 4.16. The zero-order valence-electron chi connectivity index (χ0n) is 15.0. The van der Waals surface area contributed by atoms with E-state index < -0.39 is 17.2 Å². The van der Waals surface area contributed by atoms with E-state index >= 15 is 0 Å². The zero-order valence-corrected chi connectivity index (χ0v) is 15.0. The molecule has 2 aromatic heterocycles. The molecule has 3 rings (SSSR count). The Labute approximate surface area is 154 Å². The van der Waals surface area contributed by atoms with Gasteiger partial charge in [-0.3, -0.25) is 13.9 Å². The minimum absolute atomic E-state index is 0.187. The van der Waals surface area contributed by atoms with Crippen molar-refractivity contribution in [2.75, 3.05) is 5.32 Å². The Kier molecular flexibility index (Phi) is 5.25. The molecule has 0 aliphatic carbocycles. The second-order valence-corrected chi connectivity index (χ2v) is 5.93. The molecular weight excluding hydrogens is 350 g/mol. The summed E-state index contributed by atoms with van der Waals surface area (Å²) < 4.78 is 12.8. The number of esters is 1. The molecule has 0 aliphatic heterocycles. The Hall–Kier alpha value is -3.55. The molecule has 1 N–H and O–H groups in total. The van der Waals surface area contributed by atoms with Crippen LogP contribution in [0.3, 0.4) is 0 Å². The highest BCUT2D eigenvalue weighted by Crippen LogP contribution is 2.18. The van der Waals surface area contributed by atoms with E-state index in [0.29, 0.717) is 23.5 Å². The number of aromatic nitrogens is 2. The van der Waals surface area contributed by atoms with Gasteiger partial charge in [-0.15, -0.1) is 0 Å². The molecule has 0 saturated carbocycles. The van der Waals surface area contributed by atoms with Crippen molar-refractivity contribution in [1.82, 2.24) is 9.13 Å². The van der Waals surface area contributed by atoms with Gasteiger partial charge < -0.3 is 14.5 Å². The van der Waals surface area contributed by atoms with Crippen molar-refractivity contribution in [2.45, 2.75) is 13.2 Å². The van der Waals surface area contributed by atoms with Crippen LogP contribution < -0.4 is 16.6 Å². The van der Waals surface area contributed by atoms with Gasteiger partial charge in [-0.05, 0) is 24.3 Å². The fraction of sp³-hybridized carbons (Fsp3) is 0.211. The second-order valence-electron chi connectivity index (χ2n) is 5.93. The summed E-state index contributed by atoms with van der Waals surface area (Å²) >= 11 is 0. The highest BCUT2D eigenvalue weighted by atomic mass is 16.5. The van der Waals surface area contributed by atoms with Crippen LogP contribution >= 0.6 is 0 Å². The minimum atomic E-state index is -0.564. The summed E-state index contributed by atoms with van der Waals surface area (Å²) in [6.45, 7) is 0.230. The Balaban J connectivity index is 1.74. The van der Waals surface area contributed by atoms with E-state index in [1.54, 1.807) is 36.6 Å². The SMILES string of the molecule is Cn1c(COC(=O)c2ccccc2NCc2ccco2)cc(=O)n(C)c1=O. The highest BCUT2D eigenvalue weighted by molar-refractivity contribution is 5.95. The number of hydrogen-bond donors (Lipinski definition) is 1. The predicted octanol–water partition coefficient (Wildman–Crippen LogP) is 1.65. The van der Waals surface area contributed by atoms with Crippen LogP contribution in [0.15, 0.2) is 62.7 Å².